The van der Waals surface area contributed by atoms with Gasteiger partial charge in [0.2, 0.25) is 23.6 Å². The van der Waals surface area contributed by atoms with Gasteiger partial charge in [0.15, 0.2) is 0 Å². The van der Waals surface area contributed by atoms with Gasteiger partial charge in [-0.3, -0.25) is 28.8 Å². The van der Waals surface area contributed by atoms with Crippen molar-refractivity contribution in [1.82, 2.24) is 45.5 Å². The normalized spacial score (nSPS) is 19.1. The van der Waals surface area contributed by atoms with Gasteiger partial charge in [-0.1, -0.05) is 62.7 Å². The maximum atomic E-state index is 14.2. The Morgan fingerprint density at radius 1 is 0.894 bits per heavy atom. The Bertz CT molecular complexity index is 3280. The Morgan fingerprint density at radius 3 is 2.42 bits per heavy atom. The minimum atomic E-state index is -4.59. The van der Waals surface area contributed by atoms with Crippen molar-refractivity contribution < 1.29 is 56.4 Å². The molecule has 0 aliphatic carbocycles. The van der Waals surface area contributed by atoms with Crippen molar-refractivity contribution in [3.8, 4) is 27.4 Å². The predicted octanol–water partition coefficient (Wildman–Crippen LogP) is 8.66. The molecule has 2 aromatic carbocycles. The molecule has 0 saturated carbocycles. The number of anilines is 2. The molecule has 9 rings (SSSR count). The number of unbranched alkanes of at least 4 members (excludes halogenated alkanes) is 2. The van der Waals surface area contributed by atoms with Gasteiger partial charge in [0, 0.05) is 80.4 Å². The van der Waals surface area contributed by atoms with E-state index >= 15 is 0 Å². The molecule has 3 aliphatic heterocycles. The summed E-state index contributed by atoms with van der Waals surface area (Å²) in [6.07, 6.45) is 2.52. The number of carbonyl (C=O) groups excluding carboxylic acids is 4. The first-order valence-corrected chi connectivity index (χ1v) is 29.7. The fourth-order valence-electron chi connectivity index (χ4n) is 10.7. The van der Waals surface area contributed by atoms with Crippen molar-refractivity contribution in [3.63, 3.8) is 0 Å². The number of pyridine rings is 2. The maximum absolute atomic E-state index is 14.2. The van der Waals surface area contributed by atoms with Crippen LogP contribution in [0, 0.1) is 19.3 Å². The van der Waals surface area contributed by atoms with Crippen LogP contribution < -0.4 is 25.6 Å². The zero-order chi connectivity index (χ0) is 60.4. The number of ether oxygens (including phenoxy) is 4. The molecular formula is C61H74F3N11O9S. The fraction of sp³-hybridized carbons (Fsp3) is 0.492. The lowest BCUT2D eigenvalue weighted by molar-refractivity contribution is -0.144. The maximum Gasteiger partial charge on any atom is 0.416 e. The molecule has 454 valence electrons. The zero-order valence-corrected chi connectivity index (χ0v) is 49.5. The smallest absolute Gasteiger partial charge is 0.416 e. The second kappa shape index (κ2) is 27.8. The summed E-state index contributed by atoms with van der Waals surface area (Å²) in [4.78, 5) is 72.7. The van der Waals surface area contributed by atoms with Crippen LogP contribution in [0.4, 0.5) is 24.5 Å². The van der Waals surface area contributed by atoms with Gasteiger partial charge in [-0.25, -0.2) is 9.97 Å². The van der Waals surface area contributed by atoms with Crippen molar-refractivity contribution in [2.45, 2.75) is 142 Å². The number of amides is 4. The Balaban J connectivity index is 0.710. The summed E-state index contributed by atoms with van der Waals surface area (Å²) >= 11 is 1.57. The molecular weight excluding hydrogens is 1120 g/mol. The van der Waals surface area contributed by atoms with Gasteiger partial charge in [0.05, 0.1) is 91.0 Å². The molecule has 0 spiro atoms. The summed E-state index contributed by atoms with van der Waals surface area (Å²) in [6, 6.07) is 13.7. The number of nitrogens with one attached hydrogen (secondary N) is 3. The highest BCUT2D eigenvalue weighted by atomic mass is 32.1. The number of aliphatic hydroxyl groups is 1. The van der Waals surface area contributed by atoms with Crippen LogP contribution >= 0.6 is 11.3 Å². The number of morpholine rings is 1. The van der Waals surface area contributed by atoms with Crippen LogP contribution in [-0.2, 0) is 47.9 Å². The number of nitrogens with zero attached hydrogens (tertiary/aromatic N) is 8. The highest BCUT2D eigenvalue weighted by molar-refractivity contribution is 7.13. The van der Waals surface area contributed by atoms with E-state index in [0.29, 0.717) is 99.4 Å². The number of carbonyl (C=O) groups is 4. The number of likely N-dealkylation sites (tertiary alicyclic amines) is 1. The number of β-amino-alcohol motifs (C(OH)–C–C–N with tert-alkyl or cyclic N) is 1. The number of aromatic nitrogens is 6. The first-order chi connectivity index (χ1) is 40.7. The third-order valence-electron chi connectivity index (χ3n) is 15.4. The molecule has 4 amide bonds. The molecule has 4 aromatic heterocycles. The highest BCUT2D eigenvalue weighted by Gasteiger charge is 2.45. The molecule has 0 unspecified atom stereocenters. The molecule has 24 heteroatoms. The lowest BCUT2D eigenvalue weighted by atomic mass is 9.85. The average molecular weight is 1190 g/mol. The van der Waals surface area contributed by atoms with E-state index in [2.05, 4.69) is 41.1 Å². The van der Waals surface area contributed by atoms with Crippen molar-refractivity contribution >= 4 is 46.3 Å². The molecule has 3 fully saturated rings. The summed E-state index contributed by atoms with van der Waals surface area (Å²) < 4.78 is 66.3. The number of aliphatic hydroxyl groups excluding tert-OH is 1. The average Bonchev–Trinajstić information content (AvgIpc) is 4.23. The van der Waals surface area contributed by atoms with Gasteiger partial charge >= 0.3 is 6.18 Å². The summed E-state index contributed by atoms with van der Waals surface area (Å²) in [5, 5.41) is 28.0. The van der Waals surface area contributed by atoms with E-state index in [-0.39, 0.29) is 61.6 Å². The molecule has 0 bridgehead atoms. The fourth-order valence-corrected chi connectivity index (χ4v) is 11.5. The molecule has 6 aromatic rings. The van der Waals surface area contributed by atoms with Gasteiger partial charge in [-0.05, 0) is 80.5 Å². The zero-order valence-electron chi connectivity index (χ0n) is 48.7. The predicted molar refractivity (Wildman–Crippen MR) is 313 cm³/mol. The van der Waals surface area contributed by atoms with Crippen LogP contribution in [0.25, 0.3) is 21.6 Å². The van der Waals surface area contributed by atoms with Crippen LogP contribution in [0.5, 0.6) is 5.88 Å². The van der Waals surface area contributed by atoms with Gasteiger partial charge < -0.3 is 49.8 Å². The number of benzene rings is 2. The Kier molecular flexibility index (Phi) is 20.3. The quantitative estimate of drug-likeness (QED) is 0.0465. The van der Waals surface area contributed by atoms with Crippen LogP contribution in [0.2, 0.25) is 0 Å². The first kappa shape index (κ1) is 62.2. The number of hydrogen-bond acceptors (Lipinski definition) is 16. The van der Waals surface area contributed by atoms with Gasteiger partial charge in [0.1, 0.15) is 29.6 Å². The minimum Gasteiger partial charge on any atom is -0.473 e. The van der Waals surface area contributed by atoms with Crippen LogP contribution in [0.1, 0.15) is 117 Å². The summed E-state index contributed by atoms with van der Waals surface area (Å²) in [5.74, 6) is -1.31. The second-order valence-electron chi connectivity index (χ2n) is 23.0. The second-order valence-corrected chi connectivity index (χ2v) is 23.8. The van der Waals surface area contributed by atoms with E-state index in [4.69, 9.17) is 23.9 Å². The third-order valence-corrected chi connectivity index (χ3v) is 16.4. The van der Waals surface area contributed by atoms with Gasteiger partial charge in [0.25, 0.3) is 5.91 Å². The van der Waals surface area contributed by atoms with E-state index in [9.17, 15) is 37.5 Å². The van der Waals surface area contributed by atoms with Crippen molar-refractivity contribution in [2.24, 2.45) is 5.41 Å². The summed E-state index contributed by atoms with van der Waals surface area (Å²) in [5.41, 5.74) is 6.72. The molecule has 7 heterocycles. The molecule has 20 nitrogen and oxygen atoms in total. The lowest BCUT2D eigenvalue weighted by Gasteiger charge is -2.35. The van der Waals surface area contributed by atoms with E-state index in [1.165, 1.54) is 23.2 Å². The molecule has 3 aliphatic rings. The Hall–Kier alpha value is -7.38. The summed E-state index contributed by atoms with van der Waals surface area (Å²) in [7, 11) is 0. The van der Waals surface area contributed by atoms with Crippen molar-refractivity contribution in [2.75, 3.05) is 56.3 Å². The summed E-state index contributed by atoms with van der Waals surface area (Å²) in [6.45, 7) is 15.0. The first-order valence-electron chi connectivity index (χ1n) is 28.8. The van der Waals surface area contributed by atoms with Crippen molar-refractivity contribution in [3.05, 3.63) is 119 Å². The molecule has 3 saturated heterocycles. The number of halogens is 3. The standard InChI is InChI=1S/C61H74F3N11O9S/c1-37(40-14-16-41(17-15-40)54-39(3)67-36-85-54)68-57(79)51-28-47(76)33-75(51)59(80)55(60(4,5)6)70-53(77)13-8-7-9-19-74-32-46(71-72-74)34-82-35-49-29-48(18-22-83-49)84-58-52(73-20-23-81-24-21-73)26-43(30-66-58)50-27-45(31-65-38(50)2)69-56(78)42-11-10-12-44(25-42)61(62,63)64/h10-12,14-17,25-27,30-32,36-37,47-49,51,55,76H,7-9,13,18-24,28-29,33-35H2,1-6H3,(H,68,79)(H,69,78)(H,70,77)/t37-,47+,48-,49+,51-,55-/m0/s1. The van der Waals surface area contributed by atoms with E-state index < -0.39 is 47.2 Å². The lowest BCUT2D eigenvalue weighted by Crippen LogP contribution is -2.57. The SMILES string of the molecule is Cc1ncc(NC(=O)c2cccc(C(F)(F)F)c2)cc1-c1cnc(O[C@H]2CCO[C@@H](COCc3cn(CCCCCC(=O)N[C@@H](C(=O)N4C[C@H](O)C[C@H]4C(=O)N[C@@H](C)c4ccc(-c5scnc5C)cc4)C(C)(C)C)nn3)C2)c(N2CCOCC2)c1. The minimum absolute atomic E-state index is 0.0133. The van der Waals surface area contributed by atoms with Crippen LogP contribution in [0.15, 0.2) is 84.8 Å². The number of alkyl halides is 3. The number of rotatable bonds is 22. The molecule has 6 atom stereocenters. The van der Waals surface area contributed by atoms with Crippen LogP contribution in [0.3, 0.4) is 0 Å². The highest BCUT2D eigenvalue weighted by Crippen LogP contribution is 2.37. The molecule has 4 N–H and O–H groups in total. The van der Waals surface area contributed by atoms with E-state index in [0.717, 1.165) is 52.4 Å². The number of aryl methyl sites for hydroxylation is 3. The Morgan fingerprint density at radius 2 is 1.68 bits per heavy atom. The topological polar surface area (TPSA) is 237 Å². The number of hydrogen-bond donors (Lipinski definition) is 4. The number of thiazole rings is 1. The van der Waals surface area contributed by atoms with Crippen molar-refractivity contribution in [1.29, 1.82) is 0 Å². The van der Waals surface area contributed by atoms with Gasteiger partial charge in [-0.15, -0.1) is 16.4 Å². The van der Waals surface area contributed by atoms with E-state index in [1.54, 1.807) is 28.3 Å². The van der Waals surface area contributed by atoms with Gasteiger partial charge in [-0.2, -0.15) is 13.2 Å². The Labute approximate surface area is 496 Å². The van der Waals surface area contributed by atoms with E-state index in [1.807, 2.05) is 83.6 Å². The monoisotopic (exact) mass is 1190 g/mol. The third kappa shape index (κ3) is 16.3. The molecule has 0 radical (unpaired) electrons. The largest absolute Gasteiger partial charge is 0.473 e. The molecule has 85 heavy (non-hydrogen) atoms. The van der Waals surface area contributed by atoms with Crippen LogP contribution in [-0.4, -0.2) is 140 Å².